The average Bonchev–Trinajstić information content (AvgIpc) is 2.18. The molecule has 82 valence electrons. The molecule has 1 unspecified atom stereocenters. The fourth-order valence-electron chi connectivity index (χ4n) is 0.924. The Labute approximate surface area is 95.8 Å². The van der Waals surface area contributed by atoms with E-state index in [1.807, 2.05) is 0 Å². The molecule has 0 aliphatic rings. The summed E-state index contributed by atoms with van der Waals surface area (Å²) < 4.78 is 1.06. The number of rotatable bonds is 3. The minimum absolute atomic E-state index is 0.0876. The molecule has 1 rings (SSSR count). The normalized spacial score (nSPS) is 12.5. The zero-order chi connectivity index (χ0) is 11.6. The molecular formula is C8H9Cl2N3O2. The van der Waals surface area contributed by atoms with Crippen molar-refractivity contribution in [1.29, 1.82) is 0 Å². The first kappa shape index (κ1) is 12.0. The van der Waals surface area contributed by atoms with Gasteiger partial charge in [0.1, 0.15) is 5.02 Å². The number of halogens is 2. The van der Waals surface area contributed by atoms with Crippen molar-refractivity contribution in [1.82, 2.24) is 9.78 Å². The quantitative estimate of drug-likeness (QED) is 0.856. The summed E-state index contributed by atoms with van der Waals surface area (Å²) in [5, 5.41) is 3.72. The van der Waals surface area contributed by atoms with Crippen molar-refractivity contribution in [3.63, 3.8) is 0 Å². The molecule has 1 atom stereocenters. The lowest BCUT2D eigenvalue weighted by atomic mass is 10.2. The van der Waals surface area contributed by atoms with E-state index in [-0.39, 0.29) is 16.6 Å². The summed E-state index contributed by atoms with van der Waals surface area (Å²) in [6, 6.07) is 0. The molecule has 0 fully saturated rings. The molecule has 0 saturated heterocycles. The van der Waals surface area contributed by atoms with Gasteiger partial charge in [0.2, 0.25) is 5.91 Å². The summed E-state index contributed by atoms with van der Waals surface area (Å²) >= 11 is 11.2. The summed E-state index contributed by atoms with van der Waals surface area (Å²) in [7, 11) is 0. The van der Waals surface area contributed by atoms with E-state index in [2.05, 4.69) is 5.10 Å². The molecule has 0 aliphatic heterocycles. The van der Waals surface area contributed by atoms with Crippen LogP contribution in [0.5, 0.6) is 0 Å². The van der Waals surface area contributed by atoms with Gasteiger partial charge in [-0.15, -0.1) is 0 Å². The monoisotopic (exact) mass is 249 g/mol. The van der Waals surface area contributed by atoms with Gasteiger partial charge in [-0.05, 0) is 0 Å². The van der Waals surface area contributed by atoms with Crippen molar-refractivity contribution in [3.05, 3.63) is 26.6 Å². The van der Waals surface area contributed by atoms with Crippen molar-refractivity contribution in [3.8, 4) is 0 Å². The van der Waals surface area contributed by atoms with Crippen LogP contribution in [0, 0.1) is 5.92 Å². The molecule has 1 heterocycles. The first-order valence-electron chi connectivity index (χ1n) is 4.14. The Morgan fingerprint density at radius 2 is 2.27 bits per heavy atom. The number of hydrogen-bond donors (Lipinski definition) is 1. The maximum absolute atomic E-state index is 11.5. The van der Waals surface area contributed by atoms with Gasteiger partial charge in [-0.2, -0.15) is 5.10 Å². The van der Waals surface area contributed by atoms with Gasteiger partial charge in [0.15, 0.2) is 0 Å². The Morgan fingerprint density at radius 3 is 2.80 bits per heavy atom. The highest BCUT2D eigenvalue weighted by molar-refractivity contribution is 6.41. The van der Waals surface area contributed by atoms with Crippen molar-refractivity contribution in [2.45, 2.75) is 13.5 Å². The van der Waals surface area contributed by atoms with E-state index in [1.165, 1.54) is 6.20 Å². The van der Waals surface area contributed by atoms with Gasteiger partial charge in [-0.3, -0.25) is 9.59 Å². The van der Waals surface area contributed by atoms with Crippen LogP contribution >= 0.6 is 23.2 Å². The van der Waals surface area contributed by atoms with Gasteiger partial charge in [0.05, 0.1) is 23.7 Å². The van der Waals surface area contributed by atoms with Crippen LogP contribution in [-0.4, -0.2) is 15.7 Å². The van der Waals surface area contributed by atoms with E-state index in [9.17, 15) is 9.59 Å². The number of carbonyl (C=O) groups excluding carboxylic acids is 1. The molecule has 0 spiro atoms. The minimum atomic E-state index is -0.530. The molecule has 0 saturated carbocycles. The number of amides is 1. The highest BCUT2D eigenvalue weighted by Gasteiger charge is 2.13. The van der Waals surface area contributed by atoms with Crippen LogP contribution in [0.25, 0.3) is 0 Å². The third kappa shape index (κ3) is 2.70. The molecular weight excluding hydrogens is 241 g/mol. The van der Waals surface area contributed by atoms with Gasteiger partial charge in [-0.1, -0.05) is 30.1 Å². The molecule has 5 nitrogen and oxygen atoms in total. The van der Waals surface area contributed by atoms with Gasteiger partial charge < -0.3 is 5.73 Å². The lowest BCUT2D eigenvalue weighted by molar-refractivity contribution is -0.121. The van der Waals surface area contributed by atoms with Crippen LogP contribution in [0.2, 0.25) is 10.0 Å². The zero-order valence-electron chi connectivity index (χ0n) is 7.91. The molecule has 15 heavy (non-hydrogen) atoms. The molecule has 1 aromatic rings. The standard InChI is InChI=1S/C8H9Cl2N3O2/c1-4(7(11)14)3-13-8(15)6(10)5(9)2-12-13/h2,4H,3H2,1H3,(H2,11,14). The van der Waals surface area contributed by atoms with Crippen LogP contribution in [0.4, 0.5) is 0 Å². The van der Waals surface area contributed by atoms with Crippen molar-refractivity contribution in [2.24, 2.45) is 11.7 Å². The smallest absolute Gasteiger partial charge is 0.287 e. The molecule has 1 amide bonds. The molecule has 0 bridgehead atoms. The van der Waals surface area contributed by atoms with Crippen LogP contribution < -0.4 is 11.3 Å². The fourth-order valence-corrected chi connectivity index (χ4v) is 1.20. The molecule has 0 aliphatic carbocycles. The minimum Gasteiger partial charge on any atom is -0.369 e. The highest BCUT2D eigenvalue weighted by Crippen LogP contribution is 2.14. The first-order valence-corrected chi connectivity index (χ1v) is 4.89. The first-order chi connectivity index (χ1) is 6.93. The Kier molecular flexibility index (Phi) is 3.71. The van der Waals surface area contributed by atoms with Crippen molar-refractivity contribution in [2.75, 3.05) is 0 Å². The number of carbonyl (C=O) groups is 1. The third-order valence-electron chi connectivity index (χ3n) is 1.87. The largest absolute Gasteiger partial charge is 0.369 e. The van der Waals surface area contributed by atoms with E-state index in [1.54, 1.807) is 6.92 Å². The lowest BCUT2D eigenvalue weighted by Crippen LogP contribution is -2.31. The number of nitrogens with two attached hydrogens (primary N) is 1. The predicted octanol–water partition coefficient (Wildman–Crippen LogP) is 0.672. The van der Waals surface area contributed by atoms with Crippen LogP contribution in [0.3, 0.4) is 0 Å². The number of aromatic nitrogens is 2. The maximum Gasteiger partial charge on any atom is 0.287 e. The van der Waals surface area contributed by atoms with Gasteiger partial charge >= 0.3 is 0 Å². The van der Waals surface area contributed by atoms with Crippen LogP contribution in [0.15, 0.2) is 11.0 Å². The maximum atomic E-state index is 11.5. The van der Waals surface area contributed by atoms with E-state index >= 15 is 0 Å². The Bertz CT molecular complexity index is 444. The molecule has 0 radical (unpaired) electrons. The van der Waals surface area contributed by atoms with E-state index in [0.717, 1.165) is 4.68 Å². The van der Waals surface area contributed by atoms with Crippen LogP contribution in [-0.2, 0) is 11.3 Å². The summed E-state index contributed by atoms with van der Waals surface area (Å²) in [4.78, 5) is 22.3. The summed E-state index contributed by atoms with van der Waals surface area (Å²) in [6.07, 6.45) is 1.25. The SMILES string of the molecule is CC(Cn1ncc(Cl)c(Cl)c1=O)C(N)=O. The van der Waals surface area contributed by atoms with Crippen LogP contribution in [0.1, 0.15) is 6.92 Å². The number of hydrogen-bond acceptors (Lipinski definition) is 3. The fraction of sp³-hybridized carbons (Fsp3) is 0.375. The number of nitrogens with zero attached hydrogens (tertiary/aromatic N) is 2. The summed E-state index contributed by atoms with van der Waals surface area (Å²) in [5.74, 6) is -0.998. The third-order valence-corrected chi connectivity index (χ3v) is 2.62. The second-order valence-corrected chi connectivity index (χ2v) is 3.88. The van der Waals surface area contributed by atoms with E-state index in [0.29, 0.717) is 0 Å². The highest BCUT2D eigenvalue weighted by atomic mass is 35.5. The van der Waals surface area contributed by atoms with Gasteiger partial charge in [-0.25, -0.2) is 4.68 Å². The average molecular weight is 250 g/mol. The zero-order valence-corrected chi connectivity index (χ0v) is 9.42. The molecule has 1 aromatic heterocycles. The number of primary amides is 1. The summed E-state index contributed by atoms with van der Waals surface area (Å²) in [6.45, 7) is 1.68. The molecule has 7 heteroatoms. The second kappa shape index (κ2) is 4.63. The Balaban J connectivity index is 3.02. The Morgan fingerprint density at radius 1 is 1.67 bits per heavy atom. The van der Waals surface area contributed by atoms with Gasteiger partial charge in [0.25, 0.3) is 5.56 Å². The predicted molar refractivity (Wildman–Crippen MR) is 56.9 cm³/mol. The lowest BCUT2D eigenvalue weighted by Gasteiger charge is -2.08. The summed E-state index contributed by atoms with van der Waals surface area (Å²) in [5.41, 5.74) is 4.53. The molecule has 0 aromatic carbocycles. The van der Waals surface area contributed by atoms with Gasteiger partial charge in [0, 0.05) is 0 Å². The second-order valence-electron chi connectivity index (χ2n) is 3.10. The van der Waals surface area contributed by atoms with E-state index < -0.39 is 17.4 Å². The molecule has 2 N–H and O–H groups in total. The Hall–Kier alpha value is -1.07. The van der Waals surface area contributed by atoms with Crippen molar-refractivity contribution >= 4 is 29.1 Å². The topological polar surface area (TPSA) is 78.0 Å². The van der Waals surface area contributed by atoms with Crippen molar-refractivity contribution < 1.29 is 4.79 Å². The van der Waals surface area contributed by atoms with E-state index in [4.69, 9.17) is 28.9 Å².